The molecule has 1 aromatic heterocycles. The van der Waals surface area contributed by atoms with Gasteiger partial charge in [0.05, 0.1) is 12.3 Å². The van der Waals surface area contributed by atoms with Crippen LogP contribution in [0.2, 0.25) is 0 Å². The number of ether oxygens (including phenoxy) is 1. The predicted molar refractivity (Wildman–Crippen MR) is 79.8 cm³/mol. The van der Waals surface area contributed by atoms with Crippen LogP contribution in [0.4, 0.5) is 0 Å². The molecule has 0 saturated heterocycles. The fourth-order valence-corrected chi connectivity index (χ4v) is 4.35. The van der Waals surface area contributed by atoms with Crippen molar-refractivity contribution in [2.24, 2.45) is 5.41 Å². The van der Waals surface area contributed by atoms with Gasteiger partial charge < -0.3 is 10.1 Å². The minimum atomic E-state index is 0.339. The molecular formula is C16H27N3O. The molecule has 2 N–H and O–H groups in total. The zero-order valence-electron chi connectivity index (χ0n) is 12.9. The van der Waals surface area contributed by atoms with Gasteiger partial charge in [0.25, 0.3) is 0 Å². The van der Waals surface area contributed by atoms with Crippen LogP contribution in [0.3, 0.4) is 0 Å². The molecule has 20 heavy (non-hydrogen) atoms. The molecule has 0 aromatic carbocycles. The molecule has 0 unspecified atom stereocenters. The highest BCUT2D eigenvalue weighted by molar-refractivity contribution is 5.21. The first-order valence-corrected chi connectivity index (χ1v) is 8.03. The Morgan fingerprint density at radius 2 is 2.25 bits per heavy atom. The van der Waals surface area contributed by atoms with Crippen LogP contribution in [-0.4, -0.2) is 35.5 Å². The molecule has 0 bridgehead atoms. The van der Waals surface area contributed by atoms with Crippen molar-refractivity contribution in [3.63, 3.8) is 0 Å². The lowest BCUT2D eigenvalue weighted by Crippen LogP contribution is -2.65. The van der Waals surface area contributed by atoms with Crippen LogP contribution in [-0.2, 0) is 17.6 Å². The molecule has 3 atom stereocenters. The summed E-state index contributed by atoms with van der Waals surface area (Å²) in [5.74, 6) is 0. The van der Waals surface area contributed by atoms with Crippen LogP contribution in [0.1, 0.15) is 50.8 Å². The number of aromatic nitrogens is 2. The number of nitrogens with one attached hydrogen (secondary N) is 2. The molecule has 4 nitrogen and oxygen atoms in total. The molecule has 4 heteroatoms. The number of H-pyrrole nitrogens is 1. The summed E-state index contributed by atoms with van der Waals surface area (Å²) in [6.45, 7) is 4.61. The van der Waals surface area contributed by atoms with Crippen LogP contribution in [0.5, 0.6) is 0 Å². The molecule has 0 spiro atoms. The highest BCUT2D eigenvalue weighted by Crippen LogP contribution is 2.49. The third-order valence-electron chi connectivity index (χ3n) is 5.84. The summed E-state index contributed by atoms with van der Waals surface area (Å²) < 4.78 is 5.69. The lowest BCUT2D eigenvalue weighted by atomic mass is 9.58. The summed E-state index contributed by atoms with van der Waals surface area (Å²) in [6, 6.07) is 1.21. The van der Waals surface area contributed by atoms with Crippen LogP contribution >= 0.6 is 0 Å². The fourth-order valence-electron chi connectivity index (χ4n) is 4.35. The summed E-state index contributed by atoms with van der Waals surface area (Å²) >= 11 is 0. The van der Waals surface area contributed by atoms with E-state index in [0.29, 0.717) is 23.6 Å². The number of hydrogen-bond acceptors (Lipinski definition) is 3. The molecule has 1 aromatic rings. The Hall–Kier alpha value is -0.870. The highest BCUT2D eigenvalue weighted by Gasteiger charge is 2.53. The van der Waals surface area contributed by atoms with E-state index < -0.39 is 0 Å². The molecule has 1 heterocycles. The topological polar surface area (TPSA) is 49.9 Å². The van der Waals surface area contributed by atoms with Gasteiger partial charge in [-0.15, -0.1) is 0 Å². The van der Waals surface area contributed by atoms with Crippen molar-refractivity contribution in [1.82, 2.24) is 15.5 Å². The maximum absolute atomic E-state index is 5.69. The van der Waals surface area contributed by atoms with Gasteiger partial charge in [0.2, 0.25) is 0 Å². The molecule has 1 saturated carbocycles. The fraction of sp³-hybridized carbons (Fsp3) is 0.812. The number of nitrogens with zero attached hydrogens (tertiary/aromatic N) is 1. The Morgan fingerprint density at radius 1 is 1.45 bits per heavy atom. The number of fused-ring (bicyclic) bond motifs is 1. The zero-order chi connectivity index (χ0) is 14.2. The molecule has 0 aliphatic heterocycles. The van der Waals surface area contributed by atoms with Crippen molar-refractivity contribution in [2.75, 3.05) is 7.11 Å². The summed E-state index contributed by atoms with van der Waals surface area (Å²) in [7, 11) is 1.86. The van der Waals surface area contributed by atoms with E-state index in [2.05, 4.69) is 29.4 Å². The Labute approximate surface area is 121 Å². The van der Waals surface area contributed by atoms with Crippen molar-refractivity contribution in [3.8, 4) is 0 Å². The SMILES string of the molecule is CCC1(CC)[C@H](N[C@H]2CCc3[nH]ncc3C2)C[C@H]1OC. The van der Waals surface area contributed by atoms with Crippen molar-refractivity contribution >= 4 is 0 Å². The van der Waals surface area contributed by atoms with E-state index >= 15 is 0 Å². The zero-order valence-corrected chi connectivity index (χ0v) is 12.9. The van der Waals surface area contributed by atoms with Gasteiger partial charge in [-0.3, -0.25) is 5.10 Å². The second kappa shape index (κ2) is 5.49. The quantitative estimate of drug-likeness (QED) is 0.869. The first kappa shape index (κ1) is 14.1. The van der Waals surface area contributed by atoms with Gasteiger partial charge in [-0.25, -0.2) is 0 Å². The number of aryl methyl sites for hydroxylation is 1. The summed E-state index contributed by atoms with van der Waals surface area (Å²) in [6.07, 6.45) is 9.44. The van der Waals surface area contributed by atoms with E-state index in [1.165, 1.54) is 30.5 Å². The molecule has 2 aliphatic rings. The van der Waals surface area contributed by atoms with Gasteiger partial charge >= 0.3 is 0 Å². The number of hydrogen-bond donors (Lipinski definition) is 2. The minimum absolute atomic E-state index is 0.339. The van der Waals surface area contributed by atoms with Crippen molar-refractivity contribution < 1.29 is 4.74 Å². The van der Waals surface area contributed by atoms with Gasteiger partial charge in [0, 0.05) is 30.3 Å². The Bertz CT molecular complexity index is 452. The van der Waals surface area contributed by atoms with E-state index in [-0.39, 0.29) is 0 Å². The minimum Gasteiger partial charge on any atom is -0.381 e. The van der Waals surface area contributed by atoms with E-state index in [4.69, 9.17) is 4.74 Å². The van der Waals surface area contributed by atoms with E-state index in [0.717, 1.165) is 19.3 Å². The number of rotatable bonds is 5. The largest absolute Gasteiger partial charge is 0.381 e. The lowest BCUT2D eigenvalue weighted by molar-refractivity contribution is -0.126. The number of methoxy groups -OCH3 is 1. The summed E-state index contributed by atoms with van der Waals surface area (Å²) in [5, 5.41) is 11.2. The molecule has 0 amide bonds. The van der Waals surface area contributed by atoms with Gasteiger partial charge in [-0.1, -0.05) is 13.8 Å². The van der Waals surface area contributed by atoms with Crippen molar-refractivity contribution in [2.45, 2.75) is 70.6 Å². The van der Waals surface area contributed by atoms with Gasteiger partial charge in [-0.05, 0) is 44.1 Å². The van der Waals surface area contributed by atoms with E-state index in [1.807, 2.05) is 13.3 Å². The predicted octanol–water partition coefficient (Wildman–Crippen LogP) is 2.45. The first-order chi connectivity index (χ1) is 9.73. The highest BCUT2D eigenvalue weighted by atomic mass is 16.5. The summed E-state index contributed by atoms with van der Waals surface area (Å²) in [4.78, 5) is 0. The molecule has 2 aliphatic carbocycles. The van der Waals surface area contributed by atoms with Crippen LogP contribution in [0.15, 0.2) is 6.20 Å². The molecule has 112 valence electrons. The van der Waals surface area contributed by atoms with Crippen LogP contribution < -0.4 is 5.32 Å². The third kappa shape index (κ3) is 2.09. The van der Waals surface area contributed by atoms with Crippen molar-refractivity contribution in [3.05, 3.63) is 17.5 Å². The average molecular weight is 277 g/mol. The van der Waals surface area contributed by atoms with Gasteiger partial charge in [-0.2, -0.15) is 5.10 Å². The van der Waals surface area contributed by atoms with Crippen LogP contribution in [0.25, 0.3) is 0 Å². The molecule has 3 rings (SSSR count). The Balaban J connectivity index is 1.64. The number of aromatic amines is 1. The van der Waals surface area contributed by atoms with E-state index in [9.17, 15) is 0 Å². The second-order valence-corrected chi connectivity index (χ2v) is 6.43. The maximum Gasteiger partial charge on any atom is 0.0657 e. The van der Waals surface area contributed by atoms with Crippen LogP contribution in [0, 0.1) is 5.41 Å². The van der Waals surface area contributed by atoms with Gasteiger partial charge in [0.15, 0.2) is 0 Å². The smallest absolute Gasteiger partial charge is 0.0657 e. The summed E-state index contributed by atoms with van der Waals surface area (Å²) in [5.41, 5.74) is 3.07. The maximum atomic E-state index is 5.69. The van der Waals surface area contributed by atoms with Gasteiger partial charge in [0.1, 0.15) is 0 Å². The van der Waals surface area contributed by atoms with E-state index in [1.54, 1.807) is 0 Å². The Morgan fingerprint density at radius 3 is 2.95 bits per heavy atom. The lowest BCUT2D eigenvalue weighted by Gasteiger charge is -2.56. The monoisotopic (exact) mass is 277 g/mol. The molecular weight excluding hydrogens is 250 g/mol. The average Bonchev–Trinajstić information content (AvgIpc) is 2.92. The molecule has 0 radical (unpaired) electrons. The Kier molecular flexibility index (Phi) is 3.87. The van der Waals surface area contributed by atoms with Crippen molar-refractivity contribution in [1.29, 1.82) is 0 Å². The standard InChI is InChI=1S/C16H27N3O/c1-4-16(5-2)14(9-15(16)20-3)18-12-6-7-13-11(8-12)10-17-19-13/h10,12,14-15,18H,4-9H2,1-3H3,(H,17,19)/t12-,14+,15+/m0/s1. The molecule has 1 fully saturated rings. The first-order valence-electron chi connectivity index (χ1n) is 8.03. The second-order valence-electron chi connectivity index (χ2n) is 6.43. The normalized spacial score (nSPS) is 31.6. The third-order valence-corrected chi connectivity index (χ3v) is 5.84.